The summed E-state index contributed by atoms with van der Waals surface area (Å²) in [7, 11) is 0. The van der Waals surface area contributed by atoms with E-state index in [1.807, 2.05) is 26.0 Å². The number of nitrogens with zero attached hydrogens (tertiary/aromatic N) is 3. The van der Waals surface area contributed by atoms with Gasteiger partial charge in [-0.15, -0.1) is 5.10 Å². The summed E-state index contributed by atoms with van der Waals surface area (Å²) in [5.41, 5.74) is 0.899. The van der Waals surface area contributed by atoms with Gasteiger partial charge in [-0.1, -0.05) is 41.5 Å². The van der Waals surface area contributed by atoms with E-state index in [2.05, 4.69) is 23.3 Å². The van der Waals surface area contributed by atoms with Gasteiger partial charge in [0.1, 0.15) is 11.3 Å². The maximum atomic E-state index is 13.2. The first-order chi connectivity index (χ1) is 16.8. The Morgan fingerprint density at radius 3 is 2.56 bits per heavy atom. The fraction of sp³-hybridized carbons (Fsp3) is 0.500. The molecular weight excluding hydrogens is 458 g/mol. The molecule has 196 valence electrons. The van der Waals surface area contributed by atoms with Crippen LogP contribution in [-0.4, -0.2) is 48.7 Å². The van der Waals surface area contributed by atoms with Crippen LogP contribution in [0.15, 0.2) is 65.4 Å². The third-order valence-corrected chi connectivity index (χ3v) is 5.95. The summed E-state index contributed by atoms with van der Waals surface area (Å²) >= 11 is 0. The van der Waals surface area contributed by atoms with Crippen LogP contribution in [-0.2, 0) is 27.5 Å². The molecule has 0 spiro atoms. The molecule has 36 heavy (non-hydrogen) atoms. The predicted molar refractivity (Wildman–Crippen MR) is 139 cm³/mol. The highest BCUT2D eigenvalue weighted by Crippen LogP contribution is 2.33. The lowest BCUT2D eigenvalue weighted by atomic mass is 9.80. The zero-order valence-electron chi connectivity index (χ0n) is 22.2. The Labute approximate surface area is 213 Å². The molecule has 0 aliphatic heterocycles. The molecule has 1 aromatic rings. The number of esters is 1. The van der Waals surface area contributed by atoms with E-state index < -0.39 is 17.7 Å². The lowest BCUT2D eigenvalue weighted by Gasteiger charge is -2.29. The van der Waals surface area contributed by atoms with Gasteiger partial charge >= 0.3 is 5.97 Å². The van der Waals surface area contributed by atoms with Crippen molar-refractivity contribution in [3.63, 3.8) is 0 Å². The molecule has 0 radical (unpaired) electrons. The average molecular weight is 498 g/mol. The summed E-state index contributed by atoms with van der Waals surface area (Å²) < 4.78 is 7.11. The SMILES string of the molecule is CC(C)=CCC[C@]1(C)/C=C/[C@@H](OC(=O)C=C(C)C)[C@](C)(O)/C=C/C(=O)/C(Cn2cc(CO)nn2)=C\C1. The highest BCUT2D eigenvalue weighted by molar-refractivity contribution is 6.04. The Morgan fingerprint density at radius 1 is 1.22 bits per heavy atom. The molecular formula is C28H39N3O5. The number of aliphatic hydroxyl groups excluding tert-OH is 1. The lowest BCUT2D eigenvalue weighted by Crippen LogP contribution is -2.39. The molecule has 8 heteroatoms. The smallest absolute Gasteiger partial charge is 0.331 e. The molecule has 2 rings (SSSR count). The van der Waals surface area contributed by atoms with Gasteiger partial charge in [-0.05, 0) is 77.5 Å². The first-order valence-electron chi connectivity index (χ1n) is 12.2. The molecule has 0 saturated heterocycles. The van der Waals surface area contributed by atoms with Crippen molar-refractivity contribution < 1.29 is 24.5 Å². The number of aliphatic hydroxyl groups is 2. The number of carbonyl (C=O) groups excluding carboxylic acids is 2. The van der Waals surface area contributed by atoms with Crippen molar-refractivity contribution in [2.24, 2.45) is 5.41 Å². The zero-order chi connectivity index (χ0) is 26.9. The minimum absolute atomic E-state index is 0.172. The molecule has 1 aliphatic carbocycles. The molecule has 0 fully saturated rings. The van der Waals surface area contributed by atoms with Crippen molar-refractivity contribution in [1.82, 2.24) is 15.0 Å². The quantitative estimate of drug-likeness (QED) is 0.315. The Bertz CT molecular complexity index is 1080. The van der Waals surface area contributed by atoms with Crippen LogP contribution in [0, 0.1) is 5.41 Å². The van der Waals surface area contributed by atoms with Crippen molar-refractivity contribution in [2.75, 3.05) is 0 Å². The molecule has 8 nitrogen and oxygen atoms in total. The van der Waals surface area contributed by atoms with Gasteiger partial charge in [0.15, 0.2) is 11.9 Å². The van der Waals surface area contributed by atoms with E-state index in [1.165, 1.54) is 35.4 Å². The monoisotopic (exact) mass is 497 g/mol. The third kappa shape index (κ3) is 9.17. The summed E-state index contributed by atoms with van der Waals surface area (Å²) in [5.74, 6) is -0.852. The Kier molecular flexibility index (Phi) is 10.3. The minimum atomic E-state index is -1.62. The Morgan fingerprint density at radius 2 is 1.94 bits per heavy atom. The number of allylic oxidation sites excluding steroid dienone is 7. The van der Waals surface area contributed by atoms with Crippen LogP contribution in [0.4, 0.5) is 0 Å². The number of rotatable bonds is 8. The summed E-state index contributed by atoms with van der Waals surface area (Å²) in [6.45, 7) is 11.2. The predicted octanol–water partition coefficient (Wildman–Crippen LogP) is 4.16. The molecule has 1 aromatic heterocycles. The summed E-state index contributed by atoms with van der Waals surface area (Å²) in [6, 6.07) is 0. The second-order valence-corrected chi connectivity index (χ2v) is 10.3. The molecule has 0 saturated carbocycles. The average Bonchev–Trinajstić information content (AvgIpc) is 3.24. The van der Waals surface area contributed by atoms with Gasteiger partial charge in [-0.2, -0.15) is 0 Å². The van der Waals surface area contributed by atoms with Crippen LogP contribution in [0.2, 0.25) is 0 Å². The molecule has 0 unspecified atom stereocenters. The number of carbonyl (C=O) groups is 2. The summed E-state index contributed by atoms with van der Waals surface area (Å²) in [5, 5.41) is 28.4. The fourth-order valence-corrected chi connectivity index (χ4v) is 3.72. The van der Waals surface area contributed by atoms with Crippen molar-refractivity contribution in [3.8, 4) is 0 Å². The molecule has 3 atom stereocenters. The van der Waals surface area contributed by atoms with Gasteiger partial charge in [0.05, 0.1) is 19.3 Å². The van der Waals surface area contributed by atoms with Crippen molar-refractivity contribution in [1.29, 1.82) is 0 Å². The minimum Gasteiger partial charge on any atom is -0.452 e. The van der Waals surface area contributed by atoms with Crippen molar-refractivity contribution >= 4 is 11.8 Å². The van der Waals surface area contributed by atoms with Gasteiger partial charge < -0.3 is 14.9 Å². The van der Waals surface area contributed by atoms with E-state index >= 15 is 0 Å². The Balaban J connectivity index is 2.48. The van der Waals surface area contributed by atoms with Crippen LogP contribution in [0.1, 0.15) is 66.5 Å². The molecule has 1 heterocycles. The van der Waals surface area contributed by atoms with Gasteiger partial charge in [-0.25, -0.2) is 9.48 Å². The maximum Gasteiger partial charge on any atom is 0.331 e. The highest BCUT2D eigenvalue weighted by Gasteiger charge is 2.33. The normalized spacial score (nSPS) is 27.7. The third-order valence-electron chi connectivity index (χ3n) is 5.95. The second kappa shape index (κ2) is 12.7. The number of ketones is 1. The maximum absolute atomic E-state index is 13.2. The van der Waals surface area contributed by atoms with Gasteiger partial charge in [-0.3, -0.25) is 4.79 Å². The van der Waals surface area contributed by atoms with Crippen LogP contribution in [0.3, 0.4) is 0 Å². The fourth-order valence-electron chi connectivity index (χ4n) is 3.72. The van der Waals surface area contributed by atoms with Crippen molar-refractivity contribution in [3.05, 3.63) is 71.1 Å². The lowest BCUT2D eigenvalue weighted by molar-refractivity contribution is -0.148. The highest BCUT2D eigenvalue weighted by atomic mass is 16.6. The van der Waals surface area contributed by atoms with Gasteiger partial charge in [0, 0.05) is 11.6 Å². The van der Waals surface area contributed by atoms with E-state index in [-0.39, 0.29) is 24.3 Å². The first-order valence-corrected chi connectivity index (χ1v) is 12.2. The molecule has 1 aliphatic rings. The number of hydrogen-bond donors (Lipinski definition) is 2. The van der Waals surface area contributed by atoms with E-state index in [9.17, 15) is 19.8 Å². The number of hydrogen-bond acceptors (Lipinski definition) is 7. The van der Waals surface area contributed by atoms with Crippen molar-refractivity contribution in [2.45, 2.75) is 85.7 Å². The largest absolute Gasteiger partial charge is 0.452 e. The summed E-state index contributed by atoms with van der Waals surface area (Å²) in [6.07, 6.45) is 14.5. The summed E-state index contributed by atoms with van der Waals surface area (Å²) in [4.78, 5) is 25.6. The Hall–Kier alpha value is -3.10. The number of aromatic nitrogens is 3. The van der Waals surface area contributed by atoms with E-state index in [0.717, 1.165) is 18.4 Å². The van der Waals surface area contributed by atoms with Gasteiger partial charge in [0.25, 0.3) is 0 Å². The topological polar surface area (TPSA) is 115 Å². The molecule has 0 amide bonds. The van der Waals surface area contributed by atoms with E-state index in [0.29, 0.717) is 17.7 Å². The van der Waals surface area contributed by atoms with Crippen LogP contribution < -0.4 is 0 Å². The van der Waals surface area contributed by atoms with Crippen LogP contribution in [0.25, 0.3) is 0 Å². The van der Waals surface area contributed by atoms with E-state index in [1.54, 1.807) is 26.1 Å². The van der Waals surface area contributed by atoms with Crippen LogP contribution in [0.5, 0.6) is 0 Å². The first kappa shape index (κ1) is 29.1. The molecule has 0 aromatic carbocycles. The van der Waals surface area contributed by atoms with Gasteiger partial charge in [0.2, 0.25) is 0 Å². The van der Waals surface area contributed by atoms with E-state index in [4.69, 9.17) is 4.74 Å². The second-order valence-electron chi connectivity index (χ2n) is 10.3. The van der Waals surface area contributed by atoms with Crippen LogP contribution >= 0.6 is 0 Å². The molecule has 0 bridgehead atoms. The standard InChI is InChI=1S/C28H39N3O5/c1-20(2)8-7-12-27(5)13-9-22(17-31-18-23(19-32)29-30-31)24(33)10-15-28(6,35)25(11-14-27)36-26(34)16-21(3)4/h8-11,14-16,18,25,32,35H,7,12-13,17,19H2,1-6H3/b14-11+,15-10+,22-9-/t25-,27+,28-/m1/s1. The number of ether oxygens (including phenoxy) is 1. The zero-order valence-corrected chi connectivity index (χ0v) is 22.2. The molecule has 2 N–H and O–H groups in total.